The van der Waals surface area contributed by atoms with Crippen molar-refractivity contribution in [2.45, 2.75) is 44.4 Å². The zero-order valence-corrected chi connectivity index (χ0v) is 17.9. The van der Waals surface area contributed by atoms with Crippen LogP contribution in [-0.2, 0) is 14.8 Å². The summed E-state index contributed by atoms with van der Waals surface area (Å²) >= 11 is 0. The lowest BCUT2D eigenvalue weighted by molar-refractivity contribution is -0.123. The van der Waals surface area contributed by atoms with Crippen molar-refractivity contribution in [3.63, 3.8) is 0 Å². The lowest BCUT2D eigenvalue weighted by atomic mass is 9.90. The van der Waals surface area contributed by atoms with E-state index in [2.05, 4.69) is 49.1 Å². The number of aromatic nitrogens is 2. The van der Waals surface area contributed by atoms with E-state index in [0.717, 1.165) is 4.90 Å². The molecular formula is C20H26N4O3Si. The molecule has 28 heavy (non-hydrogen) atoms. The van der Waals surface area contributed by atoms with E-state index >= 15 is 0 Å². The Morgan fingerprint density at radius 3 is 2.29 bits per heavy atom. The molecule has 148 valence electrons. The van der Waals surface area contributed by atoms with Gasteiger partial charge >= 0.3 is 6.03 Å². The molecule has 8 heteroatoms. The van der Waals surface area contributed by atoms with E-state index in [1.807, 2.05) is 30.3 Å². The third-order valence-electron chi connectivity index (χ3n) is 5.62. The van der Waals surface area contributed by atoms with Crippen molar-refractivity contribution in [1.29, 1.82) is 0 Å². The second-order valence-corrected chi connectivity index (χ2v) is 13.3. The third kappa shape index (κ3) is 3.45. The number of nitrogens with zero attached hydrogens (tertiary/aromatic N) is 3. The molecule has 0 saturated carbocycles. The van der Waals surface area contributed by atoms with Gasteiger partial charge in [0, 0.05) is 0 Å². The van der Waals surface area contributed by atoms with Crippen molar-refractivity contribution < 1.29 is 14.0 Å². The first-order valence-electron chi connectivity index (χ1n) is 9.20. The summed E-state index contributed by atoms with van der Waals surface area (Å²) in [6.45, 7) is 10.7. The molecule has 1 aromatic carbocycles. The van der Waals surface area contributed by atoms with E-state index in [1.165, 1.54) is 18.7 Å². The molecule has 1 aliphatic heterocycles. The molecule has 3 amide bonds. The van der Waals surface area contributed by atoms with E-state index in [-0.39, 0.29) is 11.6 Å². The zero-order chi connectivity index (χ0) is 20.6. The number of hydrogen-bond donors (Lipinski definition) is 1. The SMILES string of the molecule is CC(C)(C)[Si](C)(C)OCC1(c2ccccc2)NC(=O)N(c2cncnc2)C1=O. The summed E-state index contributed by atoms with van der Waals surface area (Å²) in [6, 6.07) is 8.71. The fraction of sp³-hybridized carbons (Fsp3) is 0.400. The van der Waals surface area contributed by atoms with Gasteiger partial charge in [0.1, 0.15) is 6.33 Å². The molecule has 1 saturated heterocycles. The summed E-state index contributed by atoms with van der Waals surface area (Å²) in [6.07, 6.45) is 4.24. The fourth-order valence-electron chi connectivity index (χ4n) is 2.82. The summed E-state index contributed by atoms with van der Waals surface area (Å²) in [4.78, 5) is 35.3. The molecular weight excluding hydrogens is 372 g/mol. The van der Waals surface area contributed by atoms with Crippen LogP contribution >= 0.6 is 0 Å². The van der Waals surface area contributed by atoms with Crippen LogP contribution in [0.25, 0.3) is 0 Å². The summed E-state index contributed by atoms with van der Waals surface area (Å²) in [5.41, 5.74) is -0.273. The van der Waals surface area contributed by atoms with Crippen LogP contribution in [0.1, 0.15) is 26.3 Å². The normalized spacial score (nSPS) is 20.4. The maximum Gasteiger partial charge on any atom is 0.330 e. The monoisotopic (exact) mass is 398 g/mol. The highest BCUT2D eigenvalue weighted by molar-refractivity contribution is 6.74. The van der Waals surface area contributed by atoms with Gasteiger partial charge in [0.15, 0.2) is 13.9 Å². The van der Waals surface area contributed by atoms with Gasteiger partial charge in [-0.25, -0.2) is 19.7 Å². The second kappa shape index (κ2) is 7.10. The second-order valence-electron chi connectivity index (χ2n) is 8.49. The number of benzene rings is 1. The largest absolute Gasteiger partial charge is 0.414 e. The summed E-state index contributed by atoms with van der Waals surface area (Å²) in [5.74, 6) is -0.391. The van der Waals surface area contributed by atoms with Crippen LogP contribution in [0.15, 0.2) is 49.1 Å². The highest BCUT2D eigenvalue weighted by atomic mass is 28.4. The number of urea groups is 1. The van der Waals surface area contributed by atoms with E-state index in [4.69, 9.17) is 4.43 Å². The average molecular weight is 399 g/mol. The summed E-state index contributed by atoms with van der Waals surface area (Å²) in [5, 5.41) is 2.86. The van der Waals surface area contributed by atoms with Gasteiger partial charge in [-0.2, -0.15) is 0 Å². The van der Waals surface area contributed by atoms with Crippen LogP contribution in [0.4, 0.5) is 10.5 Å². The highest BCUT2D eigenvalue weighted by Gasteiger charge is 2.54. The van der Waals surface area contributed by atoms with Crippen LogP contribution < -0.4 is 10.2 Å². The minimum atomic E-state index is -2.15. The van der Waals surface area contributed by atoms with Crippen molar-refractivity contribution in [2.24, 2.45) is 0 Å². The van der Waals surface area contributed by atoms with Crippen LogP contribution in [0.3, 0.4) is 0 Å². The van der Waals surface area contributed by atoms with Crippen LogP contribution in [-0.4, -0.2) is 36.8 Å². The molecule has 0 spiro atoms. The smallest absolute Gasteiger partial charge is 0.330 e. The number of imide groups is 1. The lowest BCUT2D eigenvalue weighted by Gasteiger charge is -2.39. The van der Waals surface area contributed by atoms with Gasteiger partial charge in [0.2, 0.25) is 0 Å². The Morgan fingerprint density at radius 2 is 1.71 bits per heavy atom. The quantitative estimate of drug-likeness (QED) is 0.616. The number of nitrogens with one attached hydrogen (secondary N) is 1. The van der Waals surface area contributed by atoms with Crippen molar-refractivity contribution in [3.8, 4) is 0 Å². The van der Waals surface area contributed by atoms with Gasteiger partial charge in [-0.05, 0) is 23.7 Å². The molecule has 7 nitrogen and oxygen atoms in total. The molecule has 0 bridgehead atoms. The number of amides is 3. The van der Waals surface area contributed by atoms with E-state index in [1.54, 1.807) is 0 Å². The molecule has 0 aliphatic carbocycles. The Morgan fingerprint density at radius 1 is 1.11 bits per heavy atom. The number of hydrogen-bond acceptors (Lipinski definition) is 5. The van der Waals surface area contributed by atoms with Crippen molar-refractivity contribution >= 4 is 25.9 Å². The Bertz CT molecular complexity index is 868. The average Bonchev–Trinajstić information content (AvgIpc) is 2.91. The summed E-state index contributed by atoms with van der Waals surface area (Å²) < 4.78 is 6.38. The predicted molar refractivity (Wildman–Crippen MR) is 109 cm³/mol. The van der Waals surface area contributed by atoms with Crippen LogP contribution in [0.5, 0.6) is 0 Å². The van der Waals surface area contributed by atoms with Gasteiger partial charge < -0.3 is 9.74 Å². The highest BCUT2D eigenvalue weighted by Crippen LogP contribution is 2.39. The number of carbonyl (C=O) groups excluding carboxylic acids is 2. The van der Waals surface area contributed by atoms with Gasteiger partial charge in [-0.3, -0.25) is 4.79 Å². The first kappa shape index (κ1) is 20.2. The van der Waals surface area contributed by atoms with E-state index in [0.29, 0.717) is 11.3 Å². The van der Waals surface area contributed by atoms with Gasteiger partial charge in [-0.15, -0.1) is 0 Å². The predicted octanol–water partition coefficient (Wildman–Crippen LogP) is 3.45. The molecule has 1 aromatic heterocycles. The third-order valence-corrected chi connectivity index (χ3v) is 10.1. The Labute approximate surface area is 166 Å². The van der Waals surface area contributed by atoms with Gasteiger partial charge in [0.05, 0.1) is 24.7 Å². The molecule has 0 radical (unpaired) electrons. The maximum absolute atomic E-state index is 13.5. The molecule has 1 fully saturated rings. The molecule has 1 N–H and O–H groups in total. The topological polar surface area (TPSA) is 84.4 Å². The van der Waals surface area contributed by atoms with Crippen molar-refractivity contribution in [2.75, 3.05) is 11.5 Å². The Kier molecular flexibility index (Phi) is 5.11. The van der Waals surface area contributed by atoms with Gasteiger partial charge in [-0.1, -0.05) is 51.1 Å². The number of anilines is 1. The molecule has 2 aromatic rings. The molecule has 1 atom stereocenters. The summed E-state index contributed by atoms with van der Waals surface area (Å²) in [7, 11) is -2.15. The fourth-order valence-corrected chi connectivity index (χ4v) is 3.83. The molecule has 1 aliphatic rings. The Balaban J connectivity index is 2.02. The Hall–Kier alpha value is -2.58. The van der Waals surface area contributed by atoms with Crippen LogP contribution in [0.2, 0.25) is 18.1 Å². The lowest BCUT2D eigenvalue weighted by Crippen LogP contribution is -2.52. The van der Waals surface area contributed by atoms with E-state index in [9.17, 15) is 9.59 Å². The standard InChI is InChI=1S/C20H26N4O3Si/c1-19(2,3)28(4,5)27-13-20(15-9-7-6-8-10-15)17(25)24(18(26)23-20)16-11-21-14-22-12-16/h6-12,14H,13H2,1-5H3,(H,23,26). The minimum Gasteiger partial charge on any atom is -0.414 e. The van der Waals surface area contributed by atoms with Gasteiger partial charge in [0.25, 0.3) is 5.91 Å². The zero-order valence-electron chi connectivity index (χ0n) is 16.9. The number of rotatable bonds is 5. The molecule has 1 unspecified atom stereocenters. The number of carbonyl (C=O) groups is 2. The van der Waals surface area contributed by atoms with E-state index < -0.39 is 25.8 Å². The van der Waals surface area contributed by atoms with Crippen molar-refractivity contribution in [1.82, 2.24) is 15.3 Å². The van der Waals surface area contributed by atoms with Crippen LogP contribution in [0, 0.1) is 0 Å². The first-order chi connectivity index (χ1) is 13.1. The maximum atomic E-state index is 13.5. The first-order valence-corrected chi connectivity index (χ1v) is 12.1. The minimum absolute atomic E-state index is 0.0243. The molecule has 2 heterocycles. The van der Waals surface area contributed by atoms with Crippen molar-refractivity contribution in [3.05, 3.63) is 54.6 Å². The molecule has 3 rings (SSSR count).